The van der Waals surface area contributed by atoms with Crippen LogP contribution >= 0.6 is 11.6 Å². The summed E-state index contributed by atoms with van der Waals surface area (Å²) in [5.74, 6) is 1.76. The molecule has 0 saturated heterocycles. The van der Waals surface area contributed by atoms with Crippen LogP contribution in [0.1, 0.15) is 5.56 Å². The number of hydrogen-bond donors (Lipinski definition) is 2. The average molecular weight is 356 g/mol. The minimum Gasteiger partial charge on any atom is -0.495 e. The van der Waals surface area contributed by atoms with Crippen molar-refractivity contribution in [1.29, 1.82) is 0 Å². The van der Waals surface area contributed by atoms with Crippen molar-refractivity contribution in [1.82, 2.24) is 15.2 Å². The van der Waals surface area contributed by atoms with Crippen LogP contribution in [-0.2, 0) is 6.42 Å². The monoisotopic (exact) mass is 355 g/mol. The fourth-order valence-electron chi connectivity index (χ4n) is 2.34. The van der Waals surface area contributed by atoms with E-state index in [1.54, 1.807) is 13.3 Å². The summed E-state index contributed by atoms with van der Waals surface area (Å²) in [5, 5.41) is 15.1. The summed E-state index contributed by atoms with van der Waals surface area (Å²) in [6, 6.07) is 15.4. The second-order valence-electron chi connectivity index (χ2n) is 5.30. The third-order valence-corrected chi connectivity index (χ3v) is 3.76. The molecular formula is C18H18ClN5O. The number of nitrogens with zero attached hydrogens (tertiary/aromatic N) is 3. The van der Waals surface area contributed by atoms with E-state index in [0.717, 1.165) is 22.7 Å². The Kier molecular flexibility index (Phi) is 5.64. The standard InChI is InChI=1S/C18H18ClN5O/c1-25-16-8-3-2-7-15(16)22-18-23-17(12-21-24-18)20-10-9-13-5-4-6-14(19)11-13/h2-8,11-12H,9-10H2,1H3,(H2,20,22,23,24). The summed E-state index contributed by atoms with van der Waals surface area (Å²) < 4.78 is 5.31. The van der Waals surface area contributed by atoms with Crippen LogP contribution in [0.3, 0.4) is 0 Å². The van der Waals surface area contributed by atoms with Gasteiger partial charge in [-0.15, -0.1) is 5.10 Å². The first-order valence-electron chi connectivity index (χ1n) is 7.82. The average Bonchev–Trinajstić information content (AvgIpc) is 2.63. The molecule has 0 saturated carbocycles. The zero-order chi connectivity index (χ0) is 17.5. The van der Waals surface area contributed by atoms with Crippen molar-refractivity contribution in [2.24, 2.45) is 0 Å². The SMILES string of the molecule is COc1ccccc1Nc1nncc(NCCc2cccc(Cl)c2)n1. The van der Waals surface area contributed by atoms with E-state index >= 15 is 0 Å². The van der Waals surface area contributed by atoms with Gasteiger partial charge in [-0.1, -0.05) is 35.9 Å². The molecule has 0 unspecified atom stereocenters. The zero-order valence-electron chi connectivity index (χ0n) is 13.7. The van der Waals surface area contributed by atoms with Crippen LogP contribution in [0, 0.1) is 0 Å². The number of nitrogens with one attached hydrogen (secondary N) is 2. The smallest absolute Gasteiger partial charge is 0.249 e. The van der Waals surface area contributed by atoms with E-state index in [9.17, 15) is 0 Å². The first-order chi connectivity index (χ1) is 12.2. The van der Waals surface area contributed by atoms with E-state index in [1.807, 2.05) is 48.5 Å². The summed E-state index contributed by atoms with van der Waals surface area (Å²) in [5.41, 5.74) is 1.94. The van der Waals surface area contributed by atoms with Gasteiger partial charge >= 0.3 is 0 Å². The lowest BCUT2D eigenvalue weighted by atomic mass is 10.1. The molecule has 3 rings (SSSR count). The highest BCUT2D eigenvalue weighted by atomic mass is 35.5. The predicted molar refractivity (Wildman–Crippen MR) is 99.7 cm³/mol. The zero-order valence-corrected chi connectivity index (χ0v) is 14.5. The summed E-state index contributed by atoms with van der Waals surface area (Å²) in [6.45, 7) is 0.715. The molecule has 2 aromatic carbocycles. The van der Waals surface area contributed by atoms with Gasteiger partial charge in [-0.3, -0.25) is 0 Å². The fourth-order valence-corrected chi connectivity index (χ4v) is 2.55. The van der Waals surface area contributed by atoms with E-state index < -0.39 is 0 Å². The molecular weight excluding hydrogens is 338 g/mol. The quantitative estimate of drug-likeness (QED) is 0.669. The van der Waals surface area contributed by atoms with Gasteiger partial charge in [-0.2, -0.15) is 10.1 Å². The van der Waals surface area contributed by atoms with Gasteiger partial charge in [0.25, 0.3) is 0 Å². The maximum Gasteiger partial charge on any atom is 0.249 e. The Labute approximate surface area is 151 Å². The van der Waals surface area contributed by atoms with E-state index in [0.29, 0.717) is 24.1 Å². The van der Waals surface area contributed by atoms with Crippen LogP contribution < -0.4 is 15.4 Å². The van der Waals surface area contributed by atoms with Crippen molar-refractivity contribution in [2.45, 2.75) is 6.42 Å². The summed E-state index contributed by atoms with van der Waals surface area (Å²) >= 11 is 5.99. The van der Waals surface area contributed by atoms with Crippen molar-refractivity contribution >= 4 is 29.1 Å². The number of para-hydroxylation sites is 2. The Morgan fingerprint density at radius 1 is 1.12 bits per heavy atom. The topological polar surface area (TPSA) is 72.0 Å². The minimum atomic E-state index is 0.400. The fraction of sp³-hybridized carbons (Fsp3) is 0.167. The lowest BCUT2D eigenvalue weighted by molar-refractivity contribution is 0.417. The van der Waals surface area contributed by atoms with Crippen molar-refractivity contribution in [3.63, 3.8) is 0 Å². The van der Waals surface area contributed by atoms with Gasteiger partial charge in [0, 0.05) is 11.6 Å². The highest BCUT2D eigenvalue weighted by Crippen LogP contribution is 2.25. The highest BCUT2D eigenvalue weighted by molar-refractivity contribution is 6.30. The third kappa shape index (κ3) is 4.81. The normalized spacial score (nSPS) is 10.3. The molecule has 6 nitrogen and oxygen atoms in total. The van der Waals surface area contributed by atoms with E-state index in [4.69, 9.17) is 16.3 Å². The number of methoxy groups -OCH3 is 1. The van der Waals surface area contributed by atoms with E-state index in [2.05, 4.69) is 25.8 Å². The van der Waals surface area contributed by atoms with Gasteiger partial charge in [0.05, 0.1) is 19.0 Å². The second-order valence-corrected chi connectivity index (χ2v) is 5.73. The summed E-state index contributed by atoms with van der Waals surface area (Å²) in [7, 11) is 1.62. The summed E-state index contributed by atoms with van der Waals surface area (Å²) in [6.07, 6.45) is 2.42. The van der Waals surface area contributed by atoms with Crippen molar-refractivity contribution < 1.29 is 4.74 Å². The Bertz CT molecular complexity index is 843. The highest BCUT2D eigenvalue weighted by Gasteiger charge is 2.05. The molecule has 0 amide bonds. The van der Waals surface area contributed by atoms with Crippen LogP contribution in [-0.4, -0.2) is 28.8 Å². The maximum absolute atomic E-state index is 5.99. The number of halogens is 1. The van der Waals surface area contributed by atoms with Gasteiger partial charge < -0.3 is 15.4 Å². The Hall–Kier alpha value is -2.86. The second kappa shape index (κ2) is 8.30. The van der Waals surface area contributed by atoms with Gasteiger partial charge in [-0.25, -0.2) is 0 Å². The number of ether oxygens (including phenoxy) is 1. The van der Waals surface area contributed by atoms with Crippen LogP contribution in [0.5, 0.6) is 5.75 Å². The molecule has 7 heteroatoms. The van der Waals surface area contributed by atoms with Gasteiger partial charge in [-0.05, 0) is 36.2 Å². The molecule has 1 aromatic heterocycles. The first-order valence-corrected chi connectivity index (χ1v) is 8.20. The van der Waals surface area contributed by atoms with Crippen LogP contribution in [0.15, 0.2) is 54.7 Å². The largest absolute Gasteiger partial charge is 0.495 e. The minimum absolute atomic E-state index is 0.400. The van der Waals surface area contributed by atoms with Crippen molar-refractivity contribution in [3.8, 4) is 5.75 Å². The van der Waals surface area contributed by atoms with Crippen LogP contribution in [0.25, 0.3) is 0 Å². The summed E-state index contributed by atoms with van der Waals surface area (Å²) in [4.78, 5) is 4.41. The molecule has 1 heterocycles. The molecule has 128 valence electrons. The van der Waals surface area contributed by atoms with Crippen molar-refractivity contribution in [2.75, 3.05) is 24.3 Å². The Morgan fingerprint density at radius 3 is 2.84 bits per heavy atom. The molecule has 0 spiro atoms. The van der Waals surface area contributed by atoms with Crippen LogP contribution in [0.4, 0.5) is 17.5 Å². The molecule has 0 aliphatic rings. The number of anilines is 3. The molecule has 0 radical (unpaired) electrons. The Balaban J connectivity index is 1.61. The molecule has 0 bridgehead atoms. The molecule has 25 heavy (non-hydrogen) atoms. The maximum atomic E-state index is 5.99. The number of benzene rings is 2. The van der Waals surface area contributed by atoms with Crippen LogP contribution in [0.2, 0.25) is 5.02 Å². The predicted octanol–water partition coefficient (Wildman–Crippen LogP) is 3.93. The number of hydrogen-bond acceptors (Lipinski definition) is 6. The third-order valence-electron chi connectivity index (χ3n) is 3.52. The molecule has 0 aliphatic heterocycles. The molecule has 2 N–H and O–H groups in total. The number of rotatable bonds is 7. The molecule has 0 atom stereocenters. The van der Waals surface area contributed by atoms with E-state index in [-0.39, 0.29) is 0 Å². The Morgan fingerprint density at radius 2 is 2.00 bits per heavy atom. The lowest BCUT2D eigenvalue weighted by Gasteiger charge is -2.10. The molecule has 0 aliphatic carbocycles. The first kappa shape index (κ1) is 17.0. The van der Waals surface area contributed by atoms with Gasteiger partial charge in [0.15, 0.2) is 5.82 Å². The molecule has 0 fully saturated rings. The number of aromatic nitrogens is 3. The van der Waals surface area contributed by atoms with E-state index in [1.165, 1.54) is 0 Å². The van der Waals surface area contributed by atoms with Crippen molar-refractivity contribution in [3.05, 3.63) is 65.3 Å². The molecule has 3 aromatic rings. The van der Waals surface area contributed by atoms with Gasteiger partial charge in [0.2, 0.25) is 5.95 Å². The van der Waals surface area contributed by atoms with Gasteiger partial charge in [0.1, 0.15) is 5.75 Å². The lowest BCUT2D eigenvalue weighted by Crippen LogP contribution is -2.09.